The van der Waals surface area contributed by atoms with Crippen LogP contribution >= 0.6 is 0 Å². The average molecular weight is 327 g/mol. The fourth-order valence-corrected chi connectivity index (χ4v) is 2.95. The van der Waals surface area contributed by atoms with Crippen LogP contribution in [0.2, 0.25) is 0 Å². The van der Waals surface area contributed by atoms with Crippen LogP contribution in [0.25, 0.3) is 0 Å². The minimum Gasteiger partial charge on any atom is -0.472 e. The number of amides is 1. The Morgan fingerprint density at radius 2 is 2.17 bits per heavy atom. The Hall–Kier alpha value is -2.83. The molecule has 0 spiro atoms. The molecule has 124 valence electrons. The molecule has 0 aliphatic carbocycles. The number of ether oxygens (including phenoxy) is 3. The van der Waals surface area contributed by atoms with E-state index >= 15 is 0 Å². The van der Waals surface area contributed by atoms with Crippen LogP contribution in [-0.2, 0) is 0 Å². The van der Waals surface area contributed by atoms with E-state index in [0.717, 1.165) is 19.4 Å². The van der Waals surface area contributed by atoms with Gasteiger partial charge in [-0.25, -0.2) is 9.97 Å². The Balaban J connectivity index is 1.44. The zero-order valence-corrected chi connectivity index (χ0v) is 13.1. The van der Waals surface area contributed by atoms with E-state index in [1.54, 1.807) is 30.5 Å². The summed E-state index contributed by atoms with van der Waals surface area (Å²) in [5, 5.41) is 0. The van der Waals surface area contributed by atoms with Crippen LogP contribution in [0.1, 0.15) is 23.2 Å². The molecule has 2 aliphatic rings. The Bertz CT molecular complexity index is 738. The molecule has 1 fully saturated rings. The molecular formula is C17H17N3O4. The third-order valence-corrected chi connectivity index (χ3v) is 4.13. The standard InChI is InChI=1S/C17H17N3O4/c21-17(12-3-4-14-15(8-12)23-11-22-14)20-7-1-2-13(9-20)24-16-5-6-18-10-19-16/h3-6,8,10,13H,1-2,7,9,11H2/t13-/m1/s1. The van der Waals surface area contributed by atoms with Gasteiger partial charge in [0, 0.05) is 24.4 Å². The predicted octanol–water partition coefficient (Wildman–Crippen LogP) is 1.89. The number of likely N-dealkylation sites (tertiary alicyclic amines) is 1. The van der Waals surface area contributed by atoms with Gasteiger partial charge in [-0.3, -0.25) is 4.79 Å². The number of hydrogen-bond donors (Lipinski definition) is 0. The SMILES string of the molecule is O=C(c1ccc2c(c1)OCO2)N1CCC[C@@H](Oc2ccncn2)C1. The van der Waals surface area contributed by atoms with E-state index in [9.17, 15) is 4.79 Å². The molecule has 1 atom stereocenters. The monoisotopic (exact) mass is 327 g/mol. The Labute approximate surface area is 139 Å². The molecule has 7 nitrogen and oxygen atoms in total. The first-order chi connectivity index (χ1) is 11.8. The molecule has 0 saturated carbocycles. The number of hydrogen-bond acceptors (Lipinski definition) is 6. The number of carbonyl (C=O) groups excluding carboxylic acids is 1. The van der Waals surface area contributed by atoms with Crippen molar-refractivity contribution in [1.29, 1.82) is 0 Å². The second-order valence-corrected chi connectivity index (χ2v) is 5.75. The molecule has 0 radical (unpaired) electrons. The van der Waals surface area contributed by atoms with Gasteiger partial charge in [-0.15, -0.1) is 0 Å². The van der Waals surface area contributed by atoms with E-state index in [1.165, 1.54) is 6.33 Å². The number of benzene rings is 1. The van der Waals surface area contributed by atoms with Crippen LogP contribution < -0.4 is 14.2 Å². The molecule has 24 heavy (non-hydrogen) atoms. The summed E-state index contributed by atoms with van der Waals surface area (Å²) in [7, 11) is 0. The molecule has 2 aromatic rings. The molecule has 0 bridgehead atoms. The van der Waals surface area contributed by atoms with Crippen LogP contribution in [0, 0.1) is 0 Å². The van der Waals surface area contributed by atoms with E-state index in [2.05, 4.69) is 9.97 Å². The highest BCUT2D eigenvalue weighted by atomic mass is 16.7. The fourth-order valence-electron chi connectivity index (χ4n) is 2.95. The number of fused-ring (bicyclic) bond motifs is 1. The van der Waals surface area contributed by atoms with E-state index < -0.39 is 0 Å². The highest BCUT2D eigenvalue weighted by molar-refractivity contribution is 5.95. The number of piperidine rings is 1. The highest BCUT2D eigenvalue weighted by Gasteiger charge is 2.27. The summed E-state index contributed by atoms with van der Waals surface area (Å²) >= 11 is 0. The first kappa shape index (κ1) is 14.7. The summed E-state index contributed by atoms with van der Waals surface area (Å²) in [5.41, 5.74) is 0.599. The van der Waals surface area contributed by atoms with E-state index in [0.29, 0.717) is 29.5 Å². The normalized spacial score (nSPS) is 19.2. The maximum atomic E-state index is 12.7. The molecule has 0 unspecified atom stereocenters. The van der Waals surface area contributed by atoms with Crippen molar-refractivity contribution >= 4 is 5.91 Å². The molecule has 1 aromatic carbocycles. The van der Waals surface area contributed by atoms with Crippen molar-refractivity contribution in [2.24, 2.45) is 0 Å². The molecule has 0 N–H and O–H groups in total. The second-order valence-electron chi connectivity index (χ2n) is 5.75. The Morgan fingerprint density at radius 3 is 3.04 bits per heavy atom. The van der Waals surface area contributed by atoms with Gasteiger partial charge in [0.05, 0.1) is 6.54 Å². The predicted molar refractivity (Wildman–Crippen MR) is 84.2 cm³/mol. The van der Waals surface area contributed by atoms with Crippen LogP contribution in [0.15, 0.2) is 36.8 Å². The van der Waals surface area contributed by atoms with Crippen molar-refractivity contribution < 1.29 is 19.0 Å². The zero-order chi connectivity index (χ0) is 16.4. The van der Waals surface area contributed by atoms with Crippen molar-refractivity contribution in [3.05, 3.63) is 42.4 Å². The van der Waals surface area contributed by atoms with Crippen LogP contribution in [0.3, 0.4) is 0 Å². The first-order valence-corrected chi connectivity index (χ1v) is 7.91. The summed E-state index contributed by atoms with van der Waals surface area (Å²) in [6, 6.07) is 7.00. The number of carbonyl (C=O) groups is 1. The average Bonchev–Trinajstić information content (AvgIpc) is 3.10. The summed E-state index contributed by atoms with van der Waals surface area (Å²) in [6.45, 7) is 1.46. The third kappa shape index (κ3) is 2.97. The van der Waals surface area contributed by atoms with Crippen molar-refractivity contribution in [2.75, 3.05) is 19.9 Å². The molecule has 4 rings (SSSR count). The maximum Gasteiger partial charge on any atom is 0.254 e. The van der Waals surface area contributed by atoms with Crippen molar-refractivity contribution in [1.82, 2.24) is 14.9 Å². The largest absolute Gasteiger partial charge is 0.472 e. The van der Waals surface area contributed by atoms with Crippen molar-refractivity contribution in [2.45, 2.75) is 18.9 Å². The summed E-state index contributed by atoms with van der Waals surface area (Å²) in [6.07, 6.45) is 4.82. The topological polar surface area (TPSA) is 73.8 Å². The third-order valence-electron chi connectivity index (χ3n) is 4.13. The number of nitrogens with zero attached hydrogens (tertiary/aromatic N) is 3. The van der Waals surface area contributed by atoms with Gasteiger partial charge in [0.1, 0.15) is 12.4 Å². The minimum atomic E-state index is -0.0633. The van der Waals surface area contributed by atoms with Gasteiger partial charge in [0.25, 0.3) is 5.91 Å². The molecule has 1 amide bonds. The summed E-state index contributed by atoms with van der Waals surface area (Å²) in [4.78, 5) is 22.5. The van der Waals surface area contributed by atoms with E-state index in [-0.39, 0.29) is 18.8 Å². The minimum absolute atomic E-state index is 0.0238. The van der Waals surface area contributed by atoms with Gasteiger partial charge in [-0.05, 0) is 31.0 Å². The Morgan fingerprint density at radius 1 is 1.25 bits per heavy atom. The van der Waals surface area contributed by atoms with E-state index in [4.69, 9.17) is 14.2 Å². The molecule has 7 heteroatoms. The quantitative estimate of drug-likeness (QED) is 0.857. The van der Waals surface area contributed by atoms with Gasteiger partial charge in [-0.1, -0.05) is 0 Å². The lowest BCUT2D eigenvalue weighted by Crippen LogP contribution is -2.44. The van der Waals surface area contributed by atoms with E-state index in [1.807, 2.05) is 4.90 Å². The van der Waals surface area contributed by atoms with Crippen molar-refractivity contribution in [3.8, 4) is 17.4 Å². The molecule has 1 saturated heterocycles. The van der Waals surface area contributed by atoms with Gasteiger partial charge < -0.3 is 19.1 Å². The Kier molecular flexibility index (Phi) is 3.90. The van der Waals surface area contributed by atoms with Gasteiger partial charge in [0.2, 0.25) is 12.7 Å². The van der Waals surface area contributed by atoms with Crippen LogP contribution in [0.4, 0.5) is 0 Å². The lowest BCUT2D eigenvalue weighted by atomic mass is 10.1. The fraction of sp³-hybridized carbons (Fsp3) is 0.353. The lowest BCUT2D eigenvalue weighted by Gasteiger charge is -2.32. The highest BCUT2D eigenvalue weighted by Crippen LogP contribution is 2.33. The first-order valence-electron chi connectivity index (χ1n) is 7.91. The number of aromatic nitrogens is 2. The molecule has 1 aromatic heterocycles. The number of rotatable bonds is 3. The van der Waals surface area contributed by atoms with Crippen molar-refractivity contribution in [3.63, 3.8) is 0 Å². The molecule has 3 heterocycles. The van der Waals surface area contributed by atoms with Gasteiger partial charge >= 0.3 is 0 Å². The van der Waals surface area contributed by atoms with Crippen LogP contribution in [-0.4, -0.2) is 46.8 Å². The lowest BCUT2D eigenvalue weighted by molar-refractivity contribution is 0.0527. The molecular weight excluding hydrogens is 310 g/mol. The smallest absolute Gasteiger partial charge is 0.254 e. The molecule has 2 aliphatic heterocycles. The summed E-state index contributed by atoms with van der Waals surface area (Å²) in [5.74, 6) is 1.80. The van der Waals surface area contributed by atoms with Gasteiger partial charge in [-0.2, -0.15) is 0 Å². The van der Waals surface area contributed by atoms with Gasteiger partial charge in [0.15, 0.2) is 11.5 Å². The second kappa shape index (κ2) is 6.35. The maximum absolute atomic E-state index is 12.7. The van der Waals surface area contributed by atoms with Crippen LogP contribution in [0.5, 0.6) is 17.4 Å². The zero-order valence-electron chi connectivity index (χ0n) is 13.1. The summed E-state index contributed by atoms with van der Waals surface area (Å²) < 4.78 is 16.5.